The molecule has 0 saturated heterocycles. The molecule has 5 rings (SSSR count). The van der Waals surface area contributed by atoms with Gasteiger partial charge in [-0.15, -0.1) is 0 Å². The summed E-state index contributed by atoms with van der Waals surface area (Å²) in [5, 5.41) is 5.77. The zero-order valence-corrected chi connectivity index (χ0v) is 18.8. The van der Waals surface area contributed by atoms with E-state index in [9.17, 15) is 0 Å². The monoisotopic (exact) mass is 436 g/mol. The summed E-state index contributed by atoms with van der Waals surface area (Å²) in [5.74, 6) is 1.54. The van der Waals surface area contributed by atoms with E-state index in [2.05, 4.69) is 18.2 Å². The zero-order valence-electron chi connectivity index (χ0n) is 18.0. The Bertz CT molecular complexity index is 1040. The van der Waals surface area contributed by atoms with Gasteiger partial charge in [-0.3, -0.25) is 0 Å². The number of methoxy groups -OCH3 is 1. The van der Waals surface area contributed by atoms with Crippen molar-refractivity contribution in [2.45, 2.75) is 51.0 Å². The predicted octanol–water partition coefficient (Wildman–Crippen LogP) is 6.27. The van der Waals surface area contributed by atoms with Crippen molar-refractivity contribution in [1.82, 2.24) is 9.78 Å². The van der Waals surface area contributed by atoms with E-state index in [0.29, 0.717) is 0 Å². The number of nitrogens with zero attached hydrogens (tertiary/aromatic N) is 2. The Kier molecular flexibility index (Phi) is 6.02. The van der Waals surface area contributed by atoms with Crippen LogP contribution in [0.1, 0.15) is 43.4 Å². The fourth-order valence-electron chi connectivity index (χ4n) is 5.02. The molecule has 0 amide bonds. The van der Waals surface area contributed by atoms with E-state index in [0.717, 1.165) is 58.8 Å². The summed E-state index contributed by atoms with van der Waals surface area (Å²) in [6.07, 6.45) is 8.70. The highest BCUT2D eigenvalue weighted by Crippen LogP contribution is 2.38. The molecule has 2 aromatic carbocycles. The number of fused-ring (bicyclic) bond motifs is 1. The average Bonchev–Trinajstić information content (AvgIpc) is 3.36. The molecule has 1 heterocycles. The van der Waals surface area contributed by atoms with Crippen molar-refractivity contribution in [2.75, 3.05) is 13.7 Å². The molecule has 0 N–H and O–H groups in total. The molecular weight excluding hydrogens is 408 g/mol. The van der Waals surface area contributed by atoms with E-state index in [1.165, 1.54) is 37.7 Å². The second-order valence-electron chi connectivity index (χ2n) is 8.73. The van der Waals surface area contributed by atoms with Gasteiger partial charge < -0.3 is 9.47 Å². The number of halogens is 1. The number of para-hydroxylation sites is 2. The van der Waals surface area contributed by atoms with Crippen molar-refractivity contribution in [3.05, 3.63) is 64.8 Å². The predicted molar refractivity (Wildman–Crippen MR) is 124 cm³/mol. The maximum absolute atomic E-state index is 6.39. The largest absolute Gasteiger partial charge is 0.494 e. The molecule has 5 heteroatoms. The minimum Gasteiger partial charge on any atom is -0.494 e. The number of hydrogen-bond acceptors (Lipinski definition) is 3. The molecule has 1 fully saturated rings. The van der Waals surface area contributed by atoms with Crippen LogP contribution < -0.4 is 4.74 Å². The number of rotatable bonds is 6. The van der Waals surface area contributed by atoms with Gasteiger partial charge in [0, 0.05) is 35.6 Å². The molecule has 1 saturated carbocycles. The maximum atomic E-state index is 6.39. The molecule has 0 radical (unpaired) electrons. The maximum Gasteiger partial charge on any atom is 0.144 e. The standard InChI is InChI=1S/C26H29ClN2O2/c1-30-25-10-6-5-9-24(25)29-26(19-11-13-20(27)14-12-19)22-15-21(16-23(22)28-29)31-17-18-7-3-2-4-8-18/h5-6,9-14,18,21H,2-4,7-8,15-17H2,1H3/t21-/m0/s1. The van der Waals surface area contributed by atoms with Gasteiger partial charge in [-0.05, 0) is 43.0 Å². The van der Waals surface area contributed by atoms with E-state index >= 15 is 0 Å². The summed E-state index contributed by atoms with van der Waals surface area (Å²) in [6, 6.07) is 16.1. The van der Waals surface area contributed by atoms with Crippen molar-refractivity contribution >= 4 is 11.6 Å². The first-order chi connectivity index (χ1) is 15.2. The van der Waals surface area contributed by atoms with Crippen LogP contribution in [0, 0.1) is 5.92 Å². The smallest absolute Gasteiger partial charge is 0.144 e. The summed E-state index contributed by atoms with van der Waals surface area (Å²) in [4.78, 5) is 0. The Balaban J connectivity index is 1.46. The molecule has 1 aromatic heterocycles. The van der Waals surface area contributed by atoms with Crippen LogP contribution in [0.5, 0.6) is 5.75 Å². The Labute approximate surface area is 189 Å². The lowest BCUT2D eigenvalue weighted by Crippen LogP contribution is -2.21. The first-order valence-electron chi connectivity index (χ1n) is 11.3. The highest BCUT2D eigenvalue weighted by atomic mass is 35.5. The number of hydrogen-bond donors (Lipinski definition) is 0. The lowest BCUT2D eigenvalue weighted by Gasteiger charge is -2.23. The summed E-state index contributed by atoms with van der Waals surface area (Å²) in [7, 11) is 1.70. The molecule has 0 unspecified atom stereocenters. The van der Waals surface area contributed by atoms with E-state index in [4.69, 9.17) is 26.2 Å². The summed E-state index contributed by atoms with van der Waals surface area (Å²) < 4.78 is 14.1. The number of ether oxygens (including phenoxy) is 2. The van der Waals surface area contributed by atoms with Gasteiger partial charge >= 0.3 is 0 Å². The van der Waals surface area contributed by atoms with Crippen LogP contribution in [0.15, 0.2) is 48.5 Å². The first-order valence-corrected chi connectivity index (χ1v) is 11.7. The molecule has 0 spiro atoms. The van der Waals surface area contributed by atoms with Crippen LogP contribution in [0.4, 0.5) is 0 Å². The van der Waals surface area contributed by atoms with Crippen molar-refractivity contribution in [3.8, 4) is 22.7 Å². The molecule has 3 aromatic rings. The Morgan fingerprint density at radius 3 is 2.55 bits per heavy atom. The van der Waals surface area contributed by atoms with Crippen molar-refractivity contribution in [3.63, 3.8) is 0 Å². The average molecular weight is 437 g/mol. The number of aromatic nitrogens is 2. The van der Waals surface area contributed by atoms with Gasteiger partial charge in [-0.25, -0.2) is 4.68 Å². The normalized spacial score (nSPS) is 18.8. The van der Waals surface area contributed by atoms with Gasteiger partial charge in [-0.2, -0.15) is 5.10 Å². The lowest BCUT2D eigenvalue weighted by atomic mass is 9.90. The molecule has 2 aliphatic rings. The highest BCUT2D eigenvalue weighted by molar-refractivity contribution is 6.30. The third-order valence-corrected chi connectivity index (χ3v) is 6.89. The van der Waals surface area contributed by atoms with E-state index in [-0.39, 0.29) is 6.10 Å². The molecule has 0 aliphatic heterocycles. The van der Waals surface area contributed by atoms with Crippen molar-refractivity contribution in [1.29, 1.82) is 0 Å². The fourth-order valence-corrected chi connectivity index (χ4v) is 5.14. The van der Waals surface area contributed by atoms with E-state index < -0.39 is 0 Å². The van der Waals surface area contributed by atoms with Crippen LogP contribution in [0.3, 0.4) is 0 Å². The molecule has 31 heavy (non-hydrogen) atoms. The van der Waals surface area contributed by atoms with Gasteiger partial charge in [0.2, 0.25) is 0 Å². The summed E-state index contributed by atoms with van der Waals surface area (Å²) in [6.45, 7) is 0.887. The second kappa shape index (κ2) is 9.05. The topological polar surface area (TPSA) is 36.3 Å². The van der Waals surface area contributed by atoms with E-state index in [1.807, 2.05) is 35.0 Å². The molecule has 0 bridgehead atoms. The number of benzene rings is 2. The summed E-state index contributed by atoms with van der Waals surface area (Å²) >= 11 is 6.17. The molecule has 4 nitrogen and oxygen atoms in total. The second-order valence-corrected chi connectivity index (χ2v) is 9.17. The zero-order chi connectivity index (χ0) is 21.2. The molecule has 162 valence electrons. The van der Waals surface area contributed by atoms with Crippen molar-refractivity contribution < 1.29 is 9.47 Å². The van der Waals surface area contributed by atoms with Gasteiger partial charge in [0.15, 0.2) is 0 Å². The minimum atomic E-state index is 0.220. The summed E-state index contributed by atoms with van der Waals surface area (Å²) in [5.41, 5.74) is 5.58. The molecule has 2 aliphatic carbocycles. The van der Waals surface area contributed by atoms with Gasteiger partial charge in [-0.1, -0.05) is 55.1 Å². The minimum absolute atomic E-state index is 0.220. The van der Waals surface area contributed by atoms with E-state index in [1.54, 1.807) is 7.11 Å². The quantitative estimate of drug-likeness (QED) is 0.457. The molecular formula is C26H29ClN2O2. The van der Waals surface area contributed by atoms with Crippen LogP contribution in [0.25, 0.3) is 16.9 Å². The SMILES string of the molecule is COc1ccccc1-n1nc2c(c1-c1ccc(Cl)cc1)C[C@H](OCC1CCCCC1)C2. The Morgan fingerprint density at radius 2 is 1.77 bits per heavy atom. The lowest BCUT2D eigenvalue weighted by molar-refractivity contribution is 0.0263. The Hall–Kier alpha value is -2.30. The van der Waals surface area contributed by atoms with Crippen LogP contribution in [0.2, 0.25) is 5.02 Å². The third-order valence-electron chi connectivity index (χ3n) is 6.64. The molecule has 1 atom stereocenters. The Morgan fingerprint density at radius 1 is 1.00 bits per heavy atom. The van der Waals surface area contributed by atoms with Crippen LogP contribution in [-0.2, 0) is 17.6 Å². The van der Waals surface area contributed by atoms with Crippen LogP contribution >= 0.6 is 11.6 Å². The fraction of sp³-hybridized carbons (Fsp3) is 0.423. The highest BCUT2D eigenvalue weighted by Gasteiger charge is 2.32. The van der Waals surface area contributed by atoms with Gasteiger partial charge in [0.05, 0.1) is 24.6 Å². The van der Waals surface area contributed by atoms with Crippen molar-refractivity contribution in [2.24, 2.45) is 5.92 Å². The first kappa shape index (κ1) is 20.6. The van der Waals surface area contributed by atoms with Gasteiger partial charge in [0.1, 0.15) is 11.4 Å². The van der Waals surface area contributed by atoms with Gasteiger partial charge in [0.25, 0.3) is 0 Å². The third kappa shape index (κ3) is 4.24. The van der Waals surface area contributed by atoms with Crippen LogP contribution in [-0.4, -0.2) is 29.6 Å².